The molecule has 0 aromatic rings. The molecule has 15 heavy (non-hydrogen) atoms. The van der Waals surface area contributed by atoms with Crippen LogP contribution in [0.1, 0.15) is 34.6 Å². The van der Waals surface area contributed by atoms with Crippen molar-refractivity contribution in [2.75, 3.05) is 6.54 Å². The smallest absolute Gasteiger partial charge is 0.419 e. The zero-order valence-corrected chi connectivity index (χ0v) is 9.94. The van der Waals surface area contributed by atoms with Crippen LogP contribution < -0.4 is 0 Å². The Balaban J connectivity index is 4.34. The van der Waals surface area contributed by atoms with Gasteiger partial charge in [-0.15, -0.1) is 0 Å². The minimum absolute atomic E-state index is 0.233. The SMILES string of the molecule is CCN(C(=O)OC(C)C)C(=O)OC(C)C. The molecule has 0 unspecified atom stereocenters. The first-order valence-corrected chi connectivity index (χ1v) is 5.07. The molecular weight excluding hydrogens is 198 g/mol. The van der Waals surface area contributed by atoms with Gasteiger partial charge in [-0.3, -0.25) is 0 Å². The van der Waals surface area contributed by atoms with E-state index < -0.39 is 12.2 Å². The third-order valence-corrected chi connectivity index (χ3v) is 1.43. The maximum Gasteiger partial charge on any atom is 0.419 e. The molecule has 0 bridgehead atoms. The molecule has 0 fully saturated rings. The van der Waals surface area contributed by atoms with Crippen molar-refractivity contribution >= 4 is 12.2 Å². The van der Waals surface area contributed by atoms with Crippen LogP contribution in [-0.2, 0) is 9.47 Å². The van der Waals surface area contributed by atoms with E-state index in [0.29, 0.717) is 0 Å². The topological polar surface area (TPSA) is 55.8 Å². The summed E-state index contributed by atoms with van der Waals surface area (Å²) in [5.74, 6) is 0. The van der Waals surface area contributed by atoms with Gasteiger partial charge in [0, 0.05) is 6.54 Å². The quantitative estimate of drug-likeness (QED) is 0.728. The molecule has 0 aromatic carbocycles. The Labute approximate surface area is 90.3 Å². The van der Waals surface area contributed by atoms with Crippen LogP contribution in [0.4, 0.5) is 9.59 Å². The third kappa shape index (κ3) is 5.24. The molecule has 0 aromatic heterocycles. The van der Waals surface area contributed by atoms with Crippen molar-refractivity contribution in [3.63, 3.8) is 0 Å². The van der Waals surface area contributed by atoms with Crippen LogP contribution in [0, 0.1) is 0 Å². The average Bonchev–Trinajstić information content (AvgIpc) is 2.01. The summed E-state index contributed by atoms with van der Waals surface area (Å²) in [5, 5.41) is 0. The number of imide groups is 1. The standard InChI is InChI=1S/C10H19NO4/c1-6-11(9(12)14-7(2)3)10(13)15-8(4)5/h7-8H,6H2,1-5H3. The average molecular weight is 217 g/mol. The predicted octanol–water partition coefficient (Wildman–Crippen LogP) is 2.40. The minimum Gasteiger partial charge on any atom is -0.446 e. The van der Waals surface area contributed by atoms with Gasteiger partial charge in [-0.25, -0.2) is 14.5 Å². The molecule has 0 heterocycles. The number of nitrogens with zero attached hydrogens (tertiary/aromatic N) is 1. The maximum atomic E-state index is 11.4. The molecule has 0 radical (unpaired) electrons. The van der Waals surface area contributed by atoms with E-state index in [2.05, 4.69) is 0 Å². The molecule has 0 saturated heterocycles. The van der Waals surface area contributed by atoms with E-state index in [4.69, 9.17) is 9.47 Å². The van der Waals surface area contributed by atoms with E-state index in [1.54, 1.807) is 34.6 Å². The summed E-state index contributed by atoms with van der Waals surface area (Å²) < 4.78 is 9.78. The lowest BCUT2D eigenvalue weighted by Gasteiger charge is -2.20. The predicted molar refractivity (Wildman–Crippen MR) is 55.6 cm³/mol. The largest absolute Gasteiger partial charge is 0.446 e. The molecule has 5 heteroatoms. The van der Waals surface area contributed by atoms with Crippen molar-refractivity contribution in [1.29, 1.82) is 0 Å². The van der Waals surface area contributed by atoms with Gasteiger partial charge in [-0.2, -0.15) is 0 Å². The second-order valence-electron chi connectivity index (χ2n) is 3.61. The molecule has 0 spiro atoms. The summed E-state index contributed by atoms with van der Waals surface area (Å²) in [6.45, 7) is 8.80. The second kappa shape index (κ2) is 6.27. The number of carbonyl (C=O) groups is 2. The zero-order valence-electron chi connectivity index (χ0n) is 9.94. The first kappa shape index (κ1) is 13.7. The lowest BCUT2D eigenvalue weighted by atomic mass is 10.5. The van der Waals surface area contributed by atoms with Crippen LogP contribution in [0.15, 0.2) is 0 Å². The van der Waals surface area contributed by atoms with Crippen LogP contribution in [0.25, 0.3) is 0 Å². The van der Waals surface area contributed by atoms with E-state index in [0.717, 1.165) is 4.90 Å². The molecule has 0 N–H and O–H groups in total. The second-order valence-corrected chi connectivity index (χ2v) is 3.61. The first-order chi connectivity index (χ1) is 6.88. The Kier molecular flexibility index (Phi) is 5.74. The van der Waals surface area contributed by atoms with Gasteiger partial charge in [-0.05, 0) is 34.6 Å². The number of carbonyl (C=O) groups excluding carboxylic acids is 2. The number of rotatable bonds is 3. The van der Waals surface area contributed by atoms with Gasteiger partial charge in [-0.1, -0.05) is 0 Å². The molecule has 88 valence electrons. The number of ether oxygens (including phenoxy) is 2. The van der Waals surface area contributed by atoms with Gasteiger partial charge in [0.1, 0.15) is 0 Å². The van der Waals surface area contributed by atoms with E-state index in [1.807, 2.05) is 0 Å². The Bertz CT molecular complexity index is 203. The van der Waals surface area contributed by atoms with Gasteiger partial charge in [0.05, 0.1) is 12.2 Å². The maximum absolute atomic E-state index is 11.4. The van der Waals surface area contributed by atoms with Crippen LogP contribution in [-0.4, -0.2) is 35.8 Å². The summed E-state index contributed by atoms with van der Waals surface area (Å²) in [7, 11) is 0. The third-order valence-electron chi connectivity index (χ3n) is 1.43. The van der Waals surface area contributed by atoms with E-state index in [-0.39, 0.29) is 18.8 Å². The zero-order chi connectivity index (χ0) is 12.0. The highest BCUT2D eigenvalue weighted by Crippen LogP contribution is 2.03. The van der Waals surface area contributed by atoms with Crippen molar-refractivity contribution in [3.8, 4) is 0 Å². The van der Waals surface area contributed by atoms with Gasteiger partial charge < -0.3 is 9.47 Å². The lowest BCUT2D eigenvalue weighted by Crippen LogP contribution is -2.39. The monoisotopic (exact) mass is 217 g/mol. The number of hydrogen-bond donors (Lipinski definition) is 0. The first-order valence-electron chi connectivity index (χ1n) is 5.07. The molecule has 0 saturated carbocycles. The molecule has 0 aliphatic carbocycles. The van der Waals surface area contributed by atoms with E-state index in [1.165, 1.54) is 0 Å². The summed E-state index contributed by atoms with van der Waals surface area (Å²) in [4.78, 5) is 23.8. The van der Waals surface area contributed by atoms with E-state index in [9.17, 15) is 9.59 Å². The van der Waals surface area contributed by atoms with Crippen molar-refractivity contribution in [2.45, 2.75) is 46.8 Å². The molecular formula is C10H19NO4. The molecule has 0 aliphatic rings. The van der Waals surface area contributed by atoms with Gasteiger partial charge >= 0.3 is 12.2 Å². The van der Waals surface area contributed by atoms with Crippen LogP contribution in [0.2, 0.25) is 0 Å². The fourth-order valence-electron chi connectivity index (χ4n) is 0.863. The highest BCUT2D eigenvalue weighted by Gasteiger charge is 2.24. The summed E-state index contributed by atoms with van der Waals surface area (Å²) in [6.07, 6.45) is -1.84. The fraction of sp³-hybridized carbons (Fsp3) is 0.800. The van der Waals surface area contributed by atoms with Crippen molar-refractivity contribution in [3.05, 3.63) is 0 Å². The lowest BCUT2D eigenvalue weighted by molar-refractivity contribution is 0.0525. The van der Waals surface area contributed by atoms with Crippen LogP contribution in [0.3, 0.4) is 0 Å². The molecule has 5 nitrogen and oxygen atoms in total. The van der Waals surface area contributed by atoms with Gasteiger partial charge in [0.2, 0.25) is 0 Å². The molecule has 0 aliphatic heterocycles. The van der Waals surface area contributed by atoms with Crippen molar-refractivity contribution < 1.29 is 19.1 Å². The van der Waals surface area contributed by atoms with Crippen LogP contribution in [0.5, 0.6) is 0 Å². The Morgan fingerprint density at radius 1 is 1.00 bits per heavy atom. The van der Waals surface area contributed by atoms with Crippen molar-refractivity contribution in [1.82, 2.24) is 4.90 Å². The summed E-state index contributed by atoms with van der Waals surface area (Å²) >= 11 is 0. The molecule has 0 atom stereocenters. The summed E-state index contributed by atoms with van der Waals surface area (Å²) in [5.41, 5.74) is 0. The van der Waals surface area contributed by atoms with Crippen LogP contribution >= 0.6 is 0 Å². The highest BCUT2D eigenvalue weighted by molar-refractivity contribution is 5.87. The molecule has 2 amide bonds. The Morgan fingerprint density at radius 3 is 1.53 bits per heavy atom. The normalized spacial score (nSPS) is 10.3. The Hall–Kier alpha value is -1.26. The van der Waals surface area contributed by atoms with Gasteiger partial charge in [0.25, 0.3) is 0 Å². The number of hydrogen-bond acceptors (Lipinski definition) is 4. The molecule has 0 rings (SSSR count). The highest BCUT2D eigenvalue weighted by atomic mass is 16.6. The minimum atomic E-state index is -0.668. The fourth-order valence-corrected chi connectivity index (χ4v) is 0.863. The van der Waals surface area contributed by atoms with Gasteiger partial charge in [0.15, 0.2) is 0 Å². The summed E-state index contributed by atoms with van der Waals surface area (Å²) in [6, 6.07) is 0. The number of amides is 2. The van der Waals surface area contributed by atoms with E-state index >= 15 is 0 Å². The Morgan fingerprint density at radius 2 is 1.33 bits per heavy atom. The van der Waals surface area contributed by atoms with Crippen molar-refractivity contribution in [2.24, 2.45) is 0 Å².